The Labute approximate surface area is 113 Å². The van der Waals surface area contributed by atoms with Crippen molar-refractivity contribution in [2.24, 2.45) is 0 Å². The maximum absolute atomic E-state index is 6.21. The highest BCUT2D eigenvalue weighted by atomic mass is 35.5. The van der Waals surface area contributed by atoms with E-state index in [1.165, 1.54) is 12.8 Å². The summed E-state index contributed by atoms with van der Waals surface area (Å²) in [5, 5.41) is 4.71. The van der Waals surface area contributed by atoms with Crippen LogP contribution in [0.1, 0.15) is 18.4 Å². The largest absolute Gasteiger partial charge is 0.317 e. The monoisotopic (exact) mass is 272 g/mol. The van der Waals surface area contributed by atoms with Crippen LogP contribution in [0.4, 0.5) is 0 Å². The summed E-state index contributed by atoms with van der Waals surface area (Å²) in [6.45, 7) is 3.08. The van der Waals surface area contributed by atoms with Gasteiger partial charge < -0.3 is 5.32 Å². The average molecular weight is 273 g/mol. The fourth-order valence-electron chi connectivity index (χ4n) is 2.32. The molecule has 0 saturated carbocycles. The maximum Gasteiger partial charge on any atom is 0.0637 e. The number of halogens is 2. The van der Waals surface area contributed by atoms with Crippen LogP contribution in [0.3, 0.4) is 0 Å². The molecule has 4 heteroatoms. The van der Waals surface area contributed by atoms with Gasteiger partial charge in [-0.15, -0.1) is 0 Å². The molecule has 1 N–H and O–H groups in total. The first kappa shape index (κ1) is 13.2. The molecule has 0 amide bonds. The molecule has 0 aliphatic carbocycles. The quantitative estimate of drug-likeness (QED) is 0.910. The molecule has 0 unspecified atom stereocenters. The van der Waals surface area contributed by atoms with E-state index in [1.807, 2.05) is 18.2 Å². The van der Waals surface area contributed by atoms with Gasteiger partial charge in [-0.3, -0.25) is 4.90 Å². The van der Waals surface area contributed by atoms with E-state index in [4.69, 9.17) is 23.2 Å². The summed E-state index contributed by atoms with van der Waals surface area (Å²) >= 11 is 12.2. The Morgan fingerprint density at radius 2 is 2.00 bits per heavy atom. The van der Waals surface area contributed by atoms with Crippen molar-refractivity contribution in [2.45, 2.75) is 25.4 Å². The summed E-state index contributed by atoms with van der Waals surface area (Å²) in [5.74, 6) is 0. The lowest BCUT2D eigenvalue weighted by Crippen LogP contribution is -2.40. The van der Waals surface area contributed by atoms with E-state index in [0.29, 0.717) is 16.1 Å². The van der Waals surface area contributed by atoms with E-state index in [0.717, 1.165) is 25.2 Å². The first-order valence-corrected chi connectivity index (χ1v) is 6.78. The van der Waals surface area contributed by atoms with Gasteiger partial charge >= 0.3 is 0 Å². The molecule has 1 fully saturated rings. The van der Waals surface area contributed by atoms with Crippen molar-refractivity contribution in [2.75, 3.05) is 20.1 Å². The van der Waals surface area contributed by atoms with Crippen LogP contribution in [0.25, 0.3) is 0 Å². The molecule has 1 aromatic carbocycles. The molecule has 0 aromatic heterocycles. The molecule has 1 heterocycles. The number of nitrogens with zero attached hydrogens (tertiary/aromatic N) is 1. The third-order valence-corrected chi connectivity index (χ3v) is 4.24. The summed E-state index contributed by atoms with van der Waals surface area (Å²) in [7, 11) is 2.16. The zero-order chi connectivity index (χ0) is 12.3. The third-order valence-electron chi connectivity index (χ3n) is 3.38. The Bertz CT molecular complexity index is 376. The molecule has 0 atom stereocenters. The Balaban J connectivity index is 2.01. The van der Waals surface area contributed by atoms with Crippen LogP contribution in [0, 0.1) is 0 Å². The van der Waals surface area contributed by atoms with Crippen LogP contribution in [0.15, 0.2) is 18.2 Å². The van der Waals surface area contributed by atoms with Gasteiger partial charge in [0.2, 0.25) is 0 Å². The molecule has 1 saturated heterocycles. The topological polar surface area (TPSA) is 15.3 Å². The van der Waals surface area contributed by atoms with E-state index in [9.17, 15) is 0 Å². The molecule has 0 radical (unpaired) electrons. The Morgan fingerprint density at radius 3 is 2.71 bits per heavy atom. The summed E-state index contributed by atoms with van der Waals surface area (Å²) in [6, 6.07) is 6.48. The molecule has 1 aliphatic heterocycles. The third kappa shape index (κ3) is 3.35. The van der Waals surface area contributed by atoms with Crippen molar-refractivity contribution in [3.63, 3.8) is 0 Å². The molecular weight excluding hydrogens is 255 g/mol. The molecule has 17 heavy (non-hydrogen) atoms. The van der Waals surface area contributed by atoms with Gasteiger partial charge in [-0.25, -0.2) is 0 Å². The molecule has 94 valence electrons. The highest BCUT2D eigenvalue weighted by molar-refractivity contribution is 6.42. The van der Waals surface area contributed by atoms with Gasteiger partial charge in [0.1, 0.15) is 0 Å². The van der Waals surface area contributed by atoms with Crippen LogP contribution in [0.5, 0.6) is 0 Å². The number of hydrogen-bond donors (Lipinski definition) is 1. The number of nitrogens with one attached hydrogen (secondary N) is 1. The minimum atomic E-state index is 0.642. The van der Waals surface area contributed by atoms with Gasteiger partial charge in [0.05, 0.1) is 10.0 Å². The van der Waals surface area contributed by atoms with Gasteiger partial charge in [0.15, 0.2) is 0 Å². The zero-order valence-electron chi connectivity index (χ0n) is 10.0. The average Bonchev–Trinajstić information content (AvgIpc) is 2.36. The molecule has 0 bridgehead atoms. The highest BCUT2D eigenvalue weighted by Crippen LogP contribution is 2.27. The van der Waals surface area contributed by atoms with E-state index in [-0.39, 0.29) is 0 Å². The number of hydrogen-bond acceptors (Lipinski definition) is 2. The predicted molar refractivity (Wildman–Crippen MR) is 73.8 cm³/mol. The first-order valence-electron chi connectivity index (χ1n) is 6.02. The molecule has 0 spiro atoms. The fourth-order valence-corrected chi connectivity index (χ4v) is 2.70. The van der Waals surface area contributed by atoms with Crippen LogP contribution >= 0.6 is 23.2 Å². The second-order valence-corrected chi connectivity index (χ2v) is 5.39. The van der Waals surface area contributed by atoms with Crippen LogP contribution < -0.4 is 5.32 Å². The van der Waals surface area contributed by atoms with Crippen molar-refractivity contribution >= 4 is 23.2 Å². The molecular formula is C13H18Cl2N2. The Hall–Kier alpha value is -0.280. The predicted octanol–water partition coefficient (Wildman–Crippen LogP) is 3.18. The van der Waals surface area contributed by atoms with Crippen molar-refractivity contribution in [1.82, 2.24) is 10.2 Å². The summed E-state index contributed by atoms with van der Waals surface area (Å²) in [6.07, 6.45) is 2.41. The molecule has 1 aliphatic rings. The van der Waals surface area contributed by atoms with E-state index >= 15 is 0 Å². The molecule has 1 aromatic rings. The van der Waals surface area contributed by atoms with Gasteiger partial charge in [-0.1, -0.05) is 35.3 Å². The first-order chi connectivity index (χ1) is 8.18. The van der Waals surface area contributed by atoms with Gasteiger partial charge in [-0.2, -0.15) is 0 Å². The molecule has 2 nitrogen and oxygen atoms in total. The highest BCUT2D eigenvalue weighted by Gasteiger charge is 2.18. The normalized spacial score (nSPS) is 17.6. The van der Waals surface area contributed by atoms with E-state index in [1.54, 1.807) is 0 Å². The van der Waals surface area contributed by atoms with Crippen molar-refractivity contribution in [3.8, 4) is 0 Å². The van der Waals surface area contributed by atoms with Crippen LogP contribution in [-0.4, -0.2) is 31.1 Å². The lowest BCUT2D eigenvalue weighted by molar-refractivity contribution is 0.192. The van der Waals surface area contributed by atoms with Gasteiger partial charge in [-0.05, 0) is 44.6 Å². The molecule has 2 rings (SSSR count). The minimum Gasteiger partial charge on any atom is -0.317 e. The van der Waals surface area contributed by atoms with Crippen molar-refractivity contribution in [1.29, 1.82) is 0 Å². The summed E-state index contributed by atoms with van der Waals surface area (Å²) < 4.78 is 0. The second-order valence-electron chi connectivity index (χ2n) is 4.61. The zero-order valence-corrected chi connectivity index (χ0v) is 11.6. The van der Waals surface area contributed by atoms with Crippen LogP contribution in [0.2, 0.25) is 10.0 Å². The van der Waals surface area contributed by atoms with Crippen molar-refractivity contribution < 1.29 is 0 Å². The smallest absolute Gasteiger partial charge is 0.0637 e. The lowest BCUT2D eigenvalue weighted by atomic mass is 10.0. The fraction of sp³-hybridized carbons (Fsp3) is 0.538. The summed E-state index contributed by atoms with van der Waals surface area (Å²) in [4.78, 5) is 2.37. The number of piperidine rings is 1. The van der Waals surface area contributed by atoms with Gasteiger partial charge in [0.25, 0.3) is 0 Å². The minimum absolute atomic E-state index is 0.642. The SMILES string of the molecule is CN(Cc1cccc(Cl)c1Cl)C1CCNCC1. The summed E-state index contributed by atoms with van der Waals surface area (Å²) in [5.41, 5.74) is 1.11. The number of benzene rings is 1. The van der Waals surface area contributed by atoms with Crippen molar-refractivity contribution in [3.05, 3.63) is 33.8 Å². The standard InChI is InChI=1S/C13H18Cl2N2/c1-17(11-5-7-16-8-6-11)9-10-3-2-4-12(14)13(10)15/h2-4,11,16H,5-9H2,1H3. The number of rotatable bonds is 3. The Morgan fingerprint density at radius 1 is 1.29 bits per heavy atom. The maximum atomic E-state index is 6.21. The van der Waals surface area contributed by atoms with E-state index < -0.39 is 0 Å². The van der Waals surface area contributed by atoms with Gasteiger partial charge in [0, 0.05) is 12.6 Å². The lowest BCUT2D eigenvalue weighted by Gasteiger charge is -2.31. The van der Waals surface area contributed by atoms with E-state index in [2.05, 4.69) is 17.3 Å². The Kier molecular flexibility index (Phi) is 4.69. The van der Waals surface area contributed by atoms with Crippen LogP contribution in [-0.2, 0) is 6.54 Å². The second kappa shape index (κ2) is 6.05.